The van der Waals surface area contributed by atoms with Crippen molar-refractivity contribution in [1.29, 1.82) is 0 Å². The highest BCUT2D eigenvalue weighted by atomic mass is 19.4. The summed E-state index contributed by atoms with van der Waals surface area (Å²) < 4.78 is 124. The Balaban J connectivity index is 2.10. The lowest BCUT2D eigenvalue weighted by Crippen LogP contribution is -2.52. The van der Waals surface area contributed by atoms with Crippen LogP contribution in [0.2, 0.25) is 0 Å². The topological polar surface area (TPSA) is 79.3 Å². The standard InChI is InChI=1S/C21H23F9N2O5/c1-18(2,16(33)34)11-36-14-9-13(19(22,23)24)4-3-12(14)10-31-5-7-32(8-6-31)17(35)37-15(20(25,26)27)21(28,29)30/h3-4,9,15H,5-8,10-11H2,1-2H3,(H,33,34). The zero-order chi connectivity index (χ0) is 28.4. The summed E-state index contributed by atoms with van der Waals surface area (Å²) in [6.07, 6.45) is -22.5. The molecule has 1 saturated heterocycles. The SMILES string of the molecule is CC(C)(COc1cc(C(F)(F)F)ccc1CN1CCN(C(=O)OC(C(F)(F)F)C(F)(F)F)CC1)C(=O)O. The summed E-state index contributed by atoms with van der Waals surface area (Å²) in [4.78, 5) is 25.4. The minimum absolute atomic E-state index is 0.0567. The molecule has 0 unspecified atom stereocenters. The Morgan fingerprint density at radius 3 is 1.95 bits per heavy atom. The zero-order valence-corrected chi connectivity index (χ0v) is 19.4. The molecule has 37 heavy (non-hydrogen) atoms. The second-order valence-electron chi connectivity index (χ2n) is 8.91. The first-order valence-electron chi connectivity index (χ1n) is 10.6. The third kappa shape index (κ3) is 8.30. The van der Waals surface area contributed by atoms with Crippen molar-refractivity contribution < 1.29 is 63.7 Å². The summed E-state index contributed by atoms with van der Waals surface area (Å²) in [7, 11) is 0. The molecule has 0 bridgehead atoms. The maximum atomic E-state index is 13.2. The Bertz CT molecular complexity index is 955. The number of aliphatic carboxylic acids is 1. The molecule has 1 heterocycles. The molecule has 1 N–H and O–H groups in total. The van der Waals surface area contributed by atoms with Gasteiger partial charge in [-0.25, -0.2) is 4.79 Å². The number of amides is 1. The van der Waals surface area contributed by atoms with Crippen LogP contribution in [-0.2, 0) is 22.3 Å². The maximum Gasteiger partial charge on any atom is 0.434 e. The lowest BCUT2D eigenvalue weighted by molar-refractivity contribution is -0.308. The lowest BCUT2D eigenvalue weighted by Gasteiger charge is -2.35. The number of carboxylic acid groups (broad SMARTS) is 1. The van der Waals surface area contributed by atoms with Crippen LogP contribution in [0.15, 0.2) is 18.2 Å². The first-order chi connectivity index (χ1) is 16.7. The Morgan fingerprint density at radius 2 is 1.49 bits per heavy atom. The molecule has 0 spiro atoms. The first kappa shape index (κ1) is 30.3. The summed E-state index contributed by atoms with van der Waals surface area (Å²) in [6, 6.07) is 2.60. The molecule has 7 nitrogen and oxygen atoms in total. The number of piperazine rings is 1. The molecular formula is C21H23F9N2O5. The van der Waals surface area contributed by atoms with Gasteiger partial charge in [-0.3, -0.25) is 9.69 Å². The fourth-order valence-electron chi connectivity index (χ4n) is 3.14. The fraction of sp³-hybridized carbons (Fsp3) is 0.619. The van der Waals surface area contributed by atoms with E-state index in [1.165, 1.54) is 13.8 Å². The number of alkyl halides is 9. The number of halogens is 9. The van der Waals surface area contributed by atoms with Crippen LogP contribution in [0.4, 0.5) is 44.3 Å². The van der Waals surface area contributed by atoms with Crippen molar-refractivity contribution in [3.05, 3.63) is 29.3 Å². The summed E-state index contributed by atoms with van der Waals surface area (Å²) in [6.45, 7) is 1.35. The molecule has 0 atom stereocenters. The van der Waals surface area contributed by atoms with Crippen LogP contribution in [0.25, 0.3) is 0 Å². The van der Waals surface area contributed by atoms with Crippen LogP contribution < -0.4 is 4.74 Å². The van der Waals surface area contributed by atoms with Gasteiger partial charge in [0.25, 0.3) is 6.10 Å². The monoisotopic (exact) mass is 554 g/mol. The minimum atomic E-state index is -5.86. The molecule has 0 aliphatic carbocycles. The van der Waals surface area contributed by atoms with Crippen molar-refractivity contribution in [3.8, 4) is 5.75 Å². The van der Waals surface area contributed by atoms with E-state index in [0.717, 1.165) is 12.1 Å². The van der Waals surface area contributed by atoms with Gasteiger partial charge in [-0.2, -0.15) is 39.5 Å². The highest BCUT2D eigenvalue weighted by molar-refractivity contribution is 5.73. The maximum absolute atomic E-state index is 13.2. The predicted molar refractivity (Wildman–Crippen MR) is 108 cm³/mol. The van der Waals surface area contributed by atoms with Gasteiger partial charge >= 0.3 is 30.6 Å². The van der Waals surface area contributed by atoms with Gasteiger partial charge in [0.2, 0.25) is 0 Å². The molecule has 1 aromatic rings. The van der Waals surface area contributed by atoms with Crippen molar-refractivity contribution >= 4 is 12.1 Å². The van der Waals surface area contributed by atoms with Gasteiger partial charge in [-0.05, 0) is 26.0 Å². The van der Waals surface area contributed by atoms with Crippen LogP contribution in [0.1, 0.15) is 25.0 Å². The molecule has 1 aliphatic heterocycles. The third-order valence-corrected chi connectivity index (χ3v) is 5.40. The molecule has 2 rings (SSSR count). The van der Waals surface area contributed by atoms with Gasteiger partial charge in [0.05, 0.1) is 11.0 Å². The number of carbonyl (C=O) groups is 2. The van der Waals surface area contributed by atoms with Gasteiger partial charge in [0, 0.05) is 38.3 Å². The summed E-state index contributed by atoms with van der Waals surface area (Å²) in [5.74, 6) is -1.49. The fourth-order valence-corrected chi connectivity index (χ4v) is 3.14. The molecule has 1 aromatic carbocycles. The quantitative estimate of drug-likeness (QED) is 0.481. The van der Waals surface area contributed by atoms with Crippen LogP contribution in [-0.4, -0.2) is 78.2 Å². The van der Waals surface area contributed by atoms with E-state index >= 15 is 0 Å². The van der Waals surface area contributed by atoms with Gasteiger partial charge in [-0.15, -0.1) is 0 Å². The highest BCUT2D eigenvalue weighted by Gasteiger charge is 2.60. The molecule has 1 fully saturated rings. The first-order valence-corrected chi connectivity index (χ1v) is 10.6. The van der Waals surface area contributed by atoms with Gasteiger partial charge in [0.15, 0.2) is 0 Å². The van der Waals surface area contributed by atoms with Gasteiger partial charge in [0.1, 0.15) is 12.4 Å². The number of rotatable bonds is 7. The Labute approximate surface area is 204 Å². The Hall–Kier alpha value is -2.91. The molecule has 1 aliphatic rings. The van der Waals surface area contributed by atoms with E-state index in [9.17, 15) is 54.2 Å². The largest absolute Gasteiger partial charge is 0.492 e. The predicted octanol–water partition coefficient (Wildman–Crippen LogP) is 4.94. The second kappa shape index (κ2) is 10.8. The average Bonchev–Trinajstić information content (AvgIpc) is 2.74. The zero-order valence-electron chi connectivity index (χ0n) is 19.4. The van der Waals surface area contributed by atoms with Gasteiger partial charge < -0.3 is 19.5 Å². The molecule has 0 aromatic heterocycles. The van der Waals surface area contributed by atoms with Gasteiger partial charge in [-0.1, -0.05) is 6.07 Å². The number of carbonyl (C=O) groups excluding carboxylic acids is 1. The molecule has 1 amide bonds. The lowest BCUT2D eigenvalue weighted by atomic mass is 9.95. The second-order valence-corrected chi connectivity index (χ2v) is 8.91. The molecule has 0 radical (unpaired) electrons. The number of ether oxygens (including phenoxy) is 2. The van der Waals surface area contributed by atoms with E-state index in [-0.39, 0.29) is 44.0 Å². The van der Waals surface area contributed by atoms with Crippen LogP contribution in [0, 0.1) is 5.41 Å². The number of carboxylic acids is 1. The highest BCUT2D eigenvalue weighted by Crippen LogP contribution is 2.37. The molecular weight excluding hydrogens is 531 g/mol. The number of benzene rings is 1. The van der Waals surface area contributed by atoms with Crippen molar-refractivity contribution in [2.24, 2.45) is 5.41 Å². The van der Waals surface area contributed by atoms with Crippen molar-refractivity contribution in [1.82, 2.24) is 9.80 Å². The van der Waals surface area contributed by atoms with Crippen LogP contribution in [0.3, 0.4) is 0 Å². The van der Waals surface area contributed by atoms with E-state index in [2.05, 4.69) is 4.74 Å². The van der Waals surface area contributed by atoms with E-state index in [4.69, 9.17) is 4.74 Å². The third-order valence-electron chi connectivity index (χ3n) is 5.40. The van der Waals surface area contributed by atoms with E-state index in [0.29, 0.717) is 11.0 Å². The number of hydrogen-bond acceptors (Lipinski definition) is 5. The van der Waals surface area contributed by atoms with E-state index in [1.54, 1.807) is 4.90 Å². The van der Waals surface area contributed by atoms with Crippen LogP contribution >= 0.6 is 0 Å². The molecule has 16 heteroatoms. The Kier molecular flexibility index (Phi) is 8.87. The van der Waals surface area contributed by atoms with Crippen LogP contribution in [0.5, 0.6) is 5.75 Å². The van der Waals surface area contributed by atoms with Crippen molar-refractivity contribution in [2.45, 2.75) is 45.0 Å². The molecule has 210 valence electrons. The molecule has 0 saturated carbocycles. The number of nitrogens with zero attached hydrogens (tertiary/aromatic N) is 2. The van der Waals surface area contributed by atoms with E-state index in [1.807, 2.05) is 0 Å². The Morgan fingerprint density at radius 1 is 0.946 bits per heavy atom. The smallest absolute Gasteiger partial charge is 0.434 e. The normalized spacial score (nSPS) is 16.2. The number of hydrogen-bond donors (Lipinski definition) is 1. The summed E-state index contributed by atoms with van der Waals surface area (Å²) >= 11 is 0. The summed E-state index contributed by atoms with van der Waals surface area (Å²) in [5.41, 5.74) is -2.25. The van der Waals surface area contributed by atoms with E-state index < -0.39 is 54.3 Å². The minimum Gasteiger partial charge on any atom is -0.492 e. The van der Waals surface area contributed by atoms with Crippen molar-refractivity contribution in [2.75, 3.05) is 32.8 Å². The average molecular weight is 554 g/mol. The van der Waals surface area contributed by atoms with Crippen molar-refractivity contribution in [3.63, 3.8) is 0 Å². The summed E-state index contributed by atoms with van der Waals surface area (Å²) in [5, 5.41) is 9.21.